The lowest BCUT2D eigenvalue weighted by Crippen LogP contribution is -2.39. The molecule has 3 N–H and O–H groups in total. The quantitative estimate of drug-likeness (QED) is 0.424. The molecule has 2 fully saturated rings. The maximum absolute atomic E-state index is 11.5. The van der Waals surface area contributed by atoms with Crippen LogP contribution in [0.3, 0.4) is 0 Å². The van der Waals surface area contributed by atoms with Crippen LogP contribution in [0.1, 0.15) is 17.1 Å². The standard InChI is InChI=1S/C17H26N6O4S2.4ClH/c24-16-12(7-14(17(16)25)19-8-15-18-1-4-28-15)9-23-11-13(20-21-23)10-22-2-5-29(26,27)6-3-22;;;;/h1,4,11-12,14,16-17,19,24-25H,2-3,5-10H2;4*1H/t12-,14-,16-,17+;;;;/m1..../s1. The summed E-state index contributed by atoms with van der Waals surface area (Å²) in [6.45, 7) is 2.61. The van der Waals surface area contributed by atoms with Gasteiger partial charge in [0.25, 0.3) is 0 Å². The smallest absolute Gasteiger partial charge is 0.152 e. The van der Waals surface area contributed by atoms with Gasteiger partial charge in [0, 0.05) is 62.5 Å². The van der Waals surface area contributed by atoms with Crippen LogP contribution < -0.4 is 5.32 Å². The number of aliphatic hydroxyl groups is 2. The Kier molecular flexibility index (Phi) is 14.2. The third kappa shape index (κ3) is 8.71. The lowest BCUT2D eigenvalue weighted by Gasteiger charge is -2.25. The Labute approximate surface area is 222 Å². The average Bonchev–Trinajstić information content (AvgIpc) is 3.41. The number of nitrogens with zero attached hydrogens (tertiary/aromatic N) is 5. The van der Waals surface area contributed by atoms with Gasteiger partial charge in [0.15, 0.2) is 9.84 Å². The summed E-state index contributed by atoms with van der Waals surface area (Å²) in [6, 6.07) is -0.197. The lowest BCUT2D eigenvalue weighted by molar-refractivity contribution is 0.00722. The van der Waals surface area contributed by atoms with Gasteiger partial charge in [-0.2, -0.15) is 0 Å². The Morgan fingerprint density at radius 3 is 2.45 bits per heavy atom. The van der Waals surface area contributed by atoms with Crippen LogP contribution in [-0.4, -0.2) is 86.4 Å². The second kappa shape index (κ2) is 14.3. The molecule has 0 amide bonds. The molecule has 16 heteroatoms. The van der Waals surface area contributed by atoms with Crippen molar-refractivity contribution in [2.24, 2.45) is 5.92 Å². The van der Waals surface area contributed by atoms with E-state index in [1.807, 2.05) is 11.6 Å². The van der Waals surface area contributed by atoms with Crippen molar-refractivity contribution in [3.63, 3.8) is 0 Å². The van der Waals surface area contributed by atoms with Gasteiger partial charge in [0.05, 0.1) is 29.4 Å². The molecule has 33 heavy (non-hydrogen) atoms. The molecule has 3 heterocycles. The second-order valence-electron chi connectivity index (χ2n) is 7.75. The van der Waals surface area contributed by atoms with E-state index in [4.69, 9.17) is 0 Å². The minimum absolute atomic E-state index is 0. The molecule has 192 valence electrons. The maximum atomic E-state index is 11.5. The van der Waals surface area contributed by atoms with Crippen molar-refractivity contribution in [1.29, 1.82) is 0 Å². The third-order valence-corrected chi connectivity index (χ3v) is 8.02. The number of nitrogens with one attached hydrogen (secondary N) is 1. The number of aliphatic hydroxyl groups excluding tert-OH is 2. The first kappa shape index (κ1) is 32.7. The molecule has 0 aromatic carbocycles. The summed E-state index contributed by atoms with van der Waals surface area (Å²) < 4.78 is 24.8. The van der Waals surface area contributed by atoms with E-state index in [-0.39, 0.29) is 73.1 Å². The highest BCUT2D eigenvalue weighted by molar-refractivity contribution is 7.91. The molecule has 1 aliphatic heterocycles. The Hall–Kier alpha value is -0.280. The van der Waals surface area contributed by atoms with Crippen LogP contribution in [-0.2, 0) is 29.5 Å². The summed E-state index contributed by atoms with van der Waals surface area (Å²) in [4.78, 5) is 6.28. The average molecular weight is 588 g/mol. The fourth-order valence-electron chi connectivity index (χ4n) is 3.95. The Morgan fingerprint density at radius 1 is 1.12 bits per heavy atom. The highest BCUT2D eigenvalue weighted by Crippen LogP contribution is 2.28. The summed E-state index contributed by atoms with van der Waals surface area (Å²) >= 11 is 1.55. The van der Waals surface area contributed by atoms with Gasteiger partial charge in [0.2, 0.25) is 0 Å². The number of halogens is 4. The molecule has 0 spiro atoms. The van der Waals surface area contributed by atoms with Crippen LogP contribution in [0.5, 0.6) is 0 Å². The molecule has 10 nitrogen and oxygen atoms in total. The Morgan fingerprint density at radius 2 is 1.82 bits per heavy atom. The van der Waals surface area contributed by atoms with Gasteiger partial charge < -0.3 is 15.5 Å². The monoisotopic (exact) mass is 586 g/mol. The molecule has 1 saturated carbocycles. The molecule has 2 aromatic rings. The number of sulfone groups is 1. The van der Waals surface area contributed by atoms with E-state index in [9.17, 15) is 18.6 Å². The molecule has 4 rings (SSSR count). The Bertz CT molecular complexity index is 907. The maximum Gasteiger partial charge on any atom is 0.152 e. The minimum Gasteiger partial charge on any atom is -0.390 e. The van der Waals surface area contributed by atoms with Crippen LogP contribution in [0.4, 0.5) is 0 Å². The van der Waals surface area contributed by atoms with Gasteiger partial charge in [-0.15, -0.1) is 66.1 Å². The predicted molar refractivity (Wildman–Crippen MR) is 136 cm³/mol. The summed E-state index contributed by atoms with van der Waals surface area (Å²) in [5.41, 5.74) is 0.774. The fraction of sp³-hybridized carbons (Fsp3) is 0.706. The van der Waals surface area contributed by atoms with Crippen LogP contribution in [0.25, 0.3) is 0 Å². The van der Waals surface area contributed by atoms with E-state index in [0.29, 0.717) is 39.1 Å². The molecule has 0 bridgehead atoms. The highest BCUT2D eigenvalue weighted by Gasteiger charge is 2.41. The molecule has 1 aliphatic carbocycles. The van der Waals surface area contributed by atoms with E-state index in [0.717, 1.165) is 10.7 Å². The molecule has 2 aromatic heterocycles. The second-order valence-corrected chi connectivity index (χ2v) is 11.0. The Balaban J connectivity index is 0.00000256. The van der Waals surface area contributed by atoms with Crippen molar-refractivity contribution in [3.05, 3.63) is 28.5 Å². The number of hydrogen-bond acceptors (Lipinski definition) is 10. The summed E-state index contributed by atoms with van der Waals surface area (Å²) in [6.07, 6.45) is 2.54. The normalized spacial score (nSPS) is 26.4. The van der Waals surface area contributed by atoms with E-state index >= 15 is 0 Å². The van der Waals surface area contributed by atoms with E-state index in [1.165, 1.54) is 0 Å². The van der Waals surface area contributed by atoms with Gasteiger partial charge in [0.1, 0.15) is 5.01 Å². The van der Waals surface area contributed by atoms with Crippen molar-refractivity contribution in [3.8, 4) is 0 Å². The lowest BCUT2D eigenvalue weighted by atomic mass is 10.1. The molecule has 4 atom stereocenters. The van der Waals surface area contributed by atoms with Gasteiger partial charge in [-0.05, 0) is 6.42 Å². The van der Waals surface area contributed by atoms with Gasteiger partial charge in [-0.3, -0.25) is 9.58 Å². The number of rotatable bonds is 7. The number of aromatic nitrogens is 4. The van der Waals surface area contributed by atoms with Crippen molar-refractivity contribution >= 4 is 70.8 Å². The zero-order valence-electron chi connectivity index (χ0n) is 17.6. The van der Waals surface area contributed by atoms with E-state index in [2.05, 4.69) is 25.5 Å². The number of thiazole rings is 1. The third-order valence-electron chi connectivity index (χ3n) is 5.63. The molecule has 2 aliphatic rings. The van der Waals surface area contributed by atoms with E-state index < -0.39 is 22.0 Å². The summed E-state index contributed by atoms with van der Waals surface area (Å²) in [5.74, 6) is 0.235. The van der Waals surface area contributed by atoms with Crippen LogP contribution in [0.15, 0.2) is 17.8 Å². The zero-order chi connectivity index (χ0) is 20.4. The predicted octanol–water partition coefficient (Wildman–Crippen LogP) is 0.552. The molecular formula is C17H30Cl4N6O4S2. The SMILES string of the molecule is Cl.Cl.Cl.Cl.O=S1(=O)CCN(Cc2cn(C[C@H]3C[C@@H](NCc4nccs4)[C@H](O)[C@@H]3O)nn2)CC1. The largest absolute Gasteiger partial charge is 0.390 e. The van der Waals surface area contributed by atoms with Gasteiger partial charge in [-0.25, -0.2) is 13.4 Å². The minimum atomic E-state index is -2.90. The highest BCUT2D eigenvalue weighted by atomic mass is 35.5. The molecule has 0 unspecified atom stereocenters. The van der Waals surface area contributed by atoms with Crippen LogP contribution in [0.2, 0.25) is 0 Å². The first-order valence-electron chi connectivity index (χ1n) is 9.69. The number of hydrogen-bond donors (Lipinski definition) is 3. The molecule has 1 saturated heterocycles. The van der Waals surface area contributed by atoms with Crippen LogP contribution in [0, 0.1) is 5.92 Å². The van der Waals surface area contributed by atoms with E-state index in [1.54, 1.807) is 22.2 Å². The first-order chi connectivity index (χ1) is 13.9. The van der Waals surface area contributed by atoms with Crippen molar-refractivity contribution < 1.29 is 18.6 Å². The topological polar surface area (TPSA) is 133 Å². The van der Waals surface area contributed by atoms with Gasteiger partial charge >= 0.3 is 0 Å². The first-order valence-corrected chi connectivity index (χ1v) is 12.4. The van der Waals surface area contributed by atoms with Crippen molar-refractivity contribution in [2.75, 3.05) is 24.6 Å². The zero-order valence-corrected chi connectivity index (χ0v) is 22.5. The van der Waals surface area contributed by atoms with Crippen LogP contribution >= 0.6 is 61.0 Å². The molecule has 0 radical (unpaired) electrons. The summed E-state index contributed by atoms with van der Waals surface area (Å²) in [5, 5.41) is 35.3. The fourth-order valence-corrected chi connectivity index (χ4v) is 5.79. The summed E-state index contributed by atoms with van der Waals surface area (Å²) in [7, 11) is -2.90. The molecular weight excluding hydrogens is 558 g/mol. The van der Waals surface area contributed by atoms with Crippen molar-refractivity contribution in [2.45, 2.75) is 44.3 Å². The van der Waals surface area contributed by atoms with Gasteiger partial charge in [-0.1, -0.05) is 5.21 Å². The van der Waals surface area contributed by atoms with Crippen molar-refractivity contribution in [1.82, 2.24) is 30.2 Å².